The van der Waals surface area contributed by atoms with Gasteiger partial charge >= 0.3 is 0 Å². The lowest BCUT2D eigenvalue weighted by Crippen LogP contribution is -2.35. The Labute approximate surface area is 93.5 Å². The zero-order valence-electron chi connectivity index (χ0n) is 9.23. The number of carbonyl (C=O) groups is 2. The zero-order chi connectivity index (χ0) is 12.3. The summed E-state index contributed by atoms with van der Waals surface area (Å²) in [4.78, 5) is 23.6. The lowest BCUT2D eigenvalue weighted by molar-refractivity contribution is -0.118. The highest BCUT2D eigenvalue weighted by molar-refractivity contribution is 5.98. The molecule has 0 heterocycles. The second-order valence-corrected chi connectivity index (χ2v) is 3.60. The predicted molar refractivity (Wildman–Crippen MR) is 59.0 cm³/mol. The van der Waals surface area contributed by atoms with E-state index in [9.17, 15) is 14.7 Å². The second-order valence-electron chi connectivity index (χ2n) is 3.60. The van der Waals surface area contributed by atoms with Crippen LogP contribution in [0.1, 0.15) is 15.9 Å². The summed E-state index contributed by atoms with van der Waals surface area (Å²) in [6.45, 7) is 1.52. The summed E-state index contributed by atoms with van der Waals surface area (Å²) in [6, 6.07) is 4.86. The second kappa shape index (κ2) is 4.65. The zero-order valence-corrected chi connectivity index (χ0v) is 9.23. The highest BCUT2D eigenvalue weighted by atomic mass is 16.3. The lowest BCUT2D eigenvalue weighted by atomic mass is 10.1. The minimum absolute atomic E-state index is 0.0659. The molecule has 1 aromatic carbocycles. The van der Waals surface area contributed by atoms with Crippen LogP contribution in [0.4, 0.5) is 0 Å². The Kier molecular flexibility index (Phi) is 3.50. The molecule has 0 radical (unpaired) electrons. The van der Waals surface area contributed by atoms with E-state index in [4.69, 9.17) is 5.73 Å². The summed E-state index contributed by atoms with van der Waals surface area (Å²) in [7, 11) is 1.45. The molecule has 0 unspecified atom stereocenters. The van der Waals surface area contributed by atoms with Crippen molar-refractivity contribution in [2.24, 2.45) is 5.73 Å². The molecule has 0 spiro atoms. The number of phenols is 1. The Morgan fingerprint density at radius 1 is 1.44 bits per heavy atom. The lowest BCUT2D eigenvalue weighted by Gasteiger charge is -2.16. The van der Waals surface area contributed by atoms with Gasteiger partial charge in [0.05, 0.1) is 12.1 Å². The van der Waals surface area contributed by atoms with Crippen LogP contribution in [0, 0.1) is 6.92 Å². The number of aromatic hydroxyl groups is 1. The van der Waals surface area contributed by atoms with Gasteiger partial charge in [0.15, 0.2) is 0 Å². The molecule has 0 saturated heterocycles. The largest absolute Gasteiger partial charge is 0.507 e. The quantitative estimate of drug-likeness (QED) is 0.769. The van der Waals surface area contributed by atoms with E-state index in [1.165, 1.54) is 13.1 Å². The third-order valence-corrected chi connectivity index (χ3v) is 2.21. The number of primary amides is 1. The van der Waals surface area contributed by atoms with Gasteiger partial charge in [-0.05, 0) is 18.6 Å². The molecule has 16 heavy (non-hydrogen) atoms. The molecule has 0 aliphatic heterocycles. The smallest absolute Gasteiger partial charge is 0.257 e. The van der Waals surface area contributed by atoms with Gasteiger partial charge < -0.3 is 15.7 Å². The van der Waals surface area contributed by atoms with Crippen LogP contribution < -0.4 is 5.73 Å². The van der Waals surface area contributed by atoms with Crippen LogP contribution in [0.25, 0.3) is 0 Å². The number of benzene rings is 1. The summed E-state index contributed by atoms with van der Waals surface area (Å²) < 4.78 is 0. The van der Waals surface area contributed by atoms with Crippen LogP contribution in [0.5, 0.6) is 5.75 Å². The number of hydrogen-bond donors (Lipinski definition) is 2. The Morgan fingerprint density at radius 3 is 2.62 bits per heavy atom. The molecule has 0 atom stereocenters. The Bertz CT molecular complexity index is 429. The molecule has 1 rings (SSSR count). The monoisotopic (exact) mass is 222 g/mol. The molecule has 1 aromatic rings. The van der Waals surface area contributed by atoms with Crippen LogP contribution in [-0.4, -0.2) is 35.4 Å². The topological polar surface area (TPSA) is 83.6 Å². The average Bonchev–Trinajstić information content (AvgIpc) is 2.20. The molecule has 0 fully saturated rings. The van der Waals surface area contributed by atoms with Gasteiger partial charge in [0, 0.05) is 7.05 Å². The summed E-state index contributed by atoms with van der Waals surface area (Å²) in [5, 5.41) is 9.69. The molecule has 0 aromatic heterocycles. The molecule has 0 aliphatic carbocycles. The molecule has 5 heteroatoms. The van der Waals surface area contributed by atoms with Gasteiger partial charge in [-0.25, -0.2) is 0 Å². The molecule has 86 valence electrons. The molecule has 2 amide bonds. The number of phenolic OH excluding ortho intramolecular Hbond substituents is 1. The third kappa shape index (κ3) is 2.50. The Hall–Kier alpha value is -2.04. The van der Waals surface area contributed by atoms with Crippen LogP contribution >= 0.6 is 0 Å². The maximum atomic E-state index is 11.8. The van der Waals surface area contributed by atoms with Gasteiger partial charge in [0.25, 0.3) is 5.91 Å². The number of aryl methyl sites for hydroxylation is 1. The van der Waals surface area contributed by atoms with E-state index in [1.807, 2.05) is 0 Å². The van der Waals surface area contributed by atoms with E-state index in [0.717, 1.165) is 4.90 Å². The van der Waals surface area contributed by atoms with Crippen molar-refractivity contribution in [3.8, 4) is 5.75 Å². The summed E-state index contributed by atoms with van der Waals surface area (Å²) >= 11 is 0. The number of amides is 2. The van der Waals surface area contributed by atoms with Gasteiger partial charge in [0.1, 0.15) is 5.75 Å². The van der Waals surface area contributed by atoms with E-state index in [2.05, 4.69) is 0 Å². The Morgan fingerprint density at radius 2 is 2.06 bits per heavy atom. The molecule has 0 saturated carbocycles. The number of carbonyl (C=O) groups excluding carboxylic acids is 2. The first-order valence-corrected chi connectivity index (χ1v) is 4.76. The van der Waals surface area contributed by atoms with Gasteiger partial charge in [-0.1, -0.05) is 12.1 Å². The van der Waals surface area contributed by atoms with Crippen LogP contribution in [-0.2, 0) is 4.79 Å². The van der Waals surface area contributed by atoms with Crippen molar-refractivity contribution < 1.29 is 14.7 Å². The molecule has 3 N–H and O–H groups in total. The van der Waals surface area contributed by atoms with Crippen molar-refractivity contribution in [2.45, 2.75) is 6.92 Å². The van der Waals surface area contributed by atoms with Crippen molar-refractivity contribution >= 4 is 11.8 Å². The first-order valence-electron chi connectivity index (χ1n) is 4.76. The number of hydrogen-bond acceptors (Lipinski definition) is 3. The molecule has 0 bridgehead atoms. The first kappa shape index (κ1) is 12.0. The first-order chi connectivity index (χ1) is 7.43. The highest BCUT2D eigenvalue weighted by Crippen LogP contribution is 2.22. The fraction of sp³-hybridized carbons (Fsp3) is 0.273. The molecule has 5 nitrogen and oxygen atoms in total. The number of rotatable bonds is 3. The van der Waals surface area contributed by atoms with Gasteiger partial charge in [-0.15, -0.1) is 0 Å². The van der Waals surface area contributed by atoms with Crippen LogP contribution in [0.15, 0.2) is 18.2 Å². The molecule has 0 aliphatic rings. The fourth-order valence-electron chi connectivity index (χ4n) is 1.34. The highest BCUT2D eigenvalue weighted by Gasteiger charge is 2.17. The van der Waals surface area contributed by atoms with Crippen molar-refractivity contribution in [1.82, 2.24) is 4.90 Å². The summed E-state index contributed by atoms with van der Waals surface area (Å²) in [5.41, 5.74) is 5.76. The predicted octanol–water partition coefficient (Wildman–Crippen LogP) is 0.258. The SMILES string of the molecule is Cc1cccc(C(=O)N(C)CC(N)=O)c1O. The van der Waals surface area contributed by atoms with Crippen LogP contribution in [0.2, 0.25) is 0 Å². The number of nitrogens with two attached hydrogens (primary N) is 1. The summed E-state index contributed by atoms with van der Waals surface area (Å²) in [6.07, 6.45) is 0. The van der Waals surface area contributed by atoms with Crippen molar-refractivity contribution in [2.75, 3.05) is 13.6 Å². The van der Waals surface area contributed by atoms with Crippen LogP contribution in [0.3, 0.4) is 0 Å². The minimum Gasteiger partial charge on any atom is -0.507 e. The average molecular weight is 222 g/mol. The Balaban J connectivity index is 2.96. The minimum atomic E-state index is -0.594. The van der Waals surface area contributed by atoms with E-state index in [0.29, 0.717) is 5.56 Å². The van der Waals surface area contributed by atoms with E-state index >= 15 is 0 Å². The van der Waals surface area contributed by atoms with E-state index in [-0.39, 0.29) is 17.9 Å². The van der Waals surface area contributed by atoms with Crippen molar-refractivity contribution in [3.05, 3.63) is 29.3 Å². The number of para-hydroxylation sites is 1. The standard InChI is InChI=1S/C11H14N2O3/c1-7-4-3-5-8(10(7)15)11(16)13(2)6-9(12)14/h3-5,15H,6H2,1-2H3,(H2,12,14). The van der Waals surface area contributed by atoms with Crippen molar-refractivity contribution in [1.29, 1.82) is 0 Å². The molecular weight excluding hydrogens is 208 g/mol. The molecular formula is C11H14N2O3. The van der Waals surface area contributed by atoms with Gasteiger partial charge in [0.2, 0.25) is 5.91 Å². The van der Waals surface area contributed by atoms with E-state index in [1.54, 1.807) is 19.1 Å². The van der Waals surface area contributed by atoms with Gasteiger partial charge in [-0.2, -0.15) is 0 Å². The third-order valence-electron chi connectivity index (χ3n) is 2.21. The van der Waals surface area contributed by atoms with E-state index < -0.39 is 11.8 Å². The normalized spacial score (nSPS) is 9.88. The maximum Gasteiger partial charge on any atom is 0.257 e. The maximum absolute atomic E-state index is 11.8. The number of likely N-dealkylation sites (N-methyl/N-ethyl adjacent to an activating group) is 1. The fourth-order valence-corrected chi connectivity index (χ4v) is 1.34. The number of nitrogens with zero attached hydrogens (tertiary/aromatic N) is 1. The van der Waals surface area contributed by atoms with Crippen molar-refractivity contribution in [3.63, 3.8) is 0 Å². The summed E-state index contributed by atoms with van der Waals surface area (Å²) in [5.74, 6) is -1.09. The van der Waals surface area contributed by atoms with Gasteiger partial charge in [-0.3, -0.25) is 9.59 Å².